The van der Waals surface area contributed by atoms with Crippen LogP contribution < -0.4 is 0 Å². The zero-order valence-electron chi connectivity index (χ0n) is 22.5. The van der Waals surface area contributed by atoms with Crippen molar-refractivity contribution in [1.29, 1.82) is 5.26 Å². The van der Waals surface area contributed by atoms with Gasteiger partial charge in [0.15, 0.2) is 8.32 Å². The molecule has 1 saturated heterocycles. The largest absolute Gasteiger partial charge is 0.476 e. The van der Waals surface area contributed by atoms with Gasteiger partial charge in [-0.1, -0.05) is 59.3 Å². The van der Waals surface area contributed by atoms with E-state index in [0.717, 1.165) is 19.3 Å². The molecule has 0 bridgehead atoms. The summed E-state index contributed by atoms with van der Waals surface area (Å²) in [5.74, 6) is 1.21. The third-order valence-electron chi connectivity index (χ3n) is 9.14. The monoisotopic (exact) mass is 509 g/mol. The third-order valence-corrected chi connectivity index (χ3v) is 14.1. The molecule has 0 spiro atoms. The Morgan fingerprint density at radius 2 is 1.41 bits per heavy atom. The Labute approximate surface area is 216 Å². The molecule has 3 aliphatic rings. The first-order valence-corrected chi connectivity index (χ1v) is 17.5. The van der Waals surface area contributed by atoms with Crippen LogP contribution in [0.5, 0.6) is 0 Å². The number of alkyl halides is 1. The second-order valence-electron chi connectivity index (χ2n) is 12.7. The van der Waals surface area contributed by atoms with E-state index in [1.807, 2.05) is 0 Å². The first kappa shape index (κ1) is 28.5. The molecule has 2 saturated carbocycles. The lowest BCUT2D eigenvalue weighted by Gasteiger charge is -2.36. The molecule has 0 N–H and O–H groups in total. The number of nitriles is 1. The van der Waals surface area contributed by atoms with Crippen LogP contribution in [0.25, 0.3) is 0 Å². The zero-order chi connectivity index (χ0) is 24.8. The van der Waals surface area contributed by atoms with Crippen molar-refractivity contribution in [1.82, 2.24) is 0 Å². The van der Waals surface area contributed by atoms with Crippen LogP contribution in [-0.2, 0) is 13.7 Å². The van der Waals surface area contributed by atoms with Crippen LogP contribution in [0, 0.1) is 29.1 Å². The summed E-state index contributed by atoms with van der Waals surface area (Å²) in [7, 11) is -2.10. The van der Waals surface area contributed by atoms with E-state index in [1.165, 1.54) is 64.2 Å². The molecular weight excluding hydrogens is 461 g/mol. The maximum Gasteiger partial charge on any atom is 0.476 e. The molecule has 0 amide bonds. The fourth-order valence-electron chi connectivity index (χ4n) is 5.79. The minimum absolute atomic E-state index is 0.0318. The predicted molar refractivity (Wildman–Crippen MR) is 144 cm³/mol. The number of hydrogen-bond acceptors (Lipinski definition) is 4. The van der Waals surface area contributed by atoms with Gasteiger partial charge in [0.2, 0.25) is 0 Å². The topological polar surface area (TPSA) is 51.5 Å². The van der Waals surface area contributed by atoms with Gasteiger partial charge in [0.05, 0.1) is 23.6 Å². The lowest BCUT2D eigenvalue weighted by atomic mass is 9.77. The van der Waals surface area contributed by atoms with Crippen LogP contribution >= 0.6 is 11.6 Å². The van der Waals surface area contributed by atoms with E-state index in [0.29, 0.717) is 18.4 Å². The zero-order valence-corrected chi connectivity index (χ0v) is 24.2. The fourth-order valence-corrected chi connectivity index (χ4v) is 7.10. The molecule has 194 valence electrons. The Morgan fingerprint density at radius 3 is 1.85 bits per heavy atom. The van der Waals surface area contributed by atoms with Crippen molar-refractivity contribution in [2.45, 2.75) is 140 Å². The SMILES string of the molecule is CC(C)(C)[Si](C)(C)OCCC(C#N)CC[C@@H](Cl)B1O[C@H](C2CCCCC2)[C@@H](C2CCCCC2)O1. The van der Waals surface area contributed by atoms with E-state index in [2.05, 4.69) is 39.9 Å². The Hall–Kier alpha value is -0.0582. The normalized spacial score (nSPS) is 27.5. The van der Waals surface area contributed by atoms with Crippen molar-refractivity contribution in [2.24, 2.45) is 17.8 Å². The quantitative estimate of drug-likeness (QED) is 0.222. The smallest absolute Gasteiger partial charge is 0.417 e. The van der Waals surface area contributed by atoms with Gasteiger partial charge in [-0.2, -0.15) is 5.26 Å². The first-order valence-electron chi connectivity index (χ1n) is 14.1. The minimum atomic E-state index is -1.77. The Morgan fingerprint density at radius 1 is 0.912 bits per heavy atom. The van der Waals surface area contributed by atoms with Gasteiger partial charge in [0.1, 0.15) is 0 Å². The molecule has 0 aromatic rings. The summed E-state index contributed by atoms with van der Waals surface area (Å²) in [5, 5.41) is 9.71. The van der Waals surface area contributed by atoms with Crippen LogP contribution in [0.3, 0.4) is 0 Å². The highest BCUT2D eigenvalue weighted by Gasteiger charge is 2.49. The average Bonchev–Trinajstić information content (AvgIpc) is 3.27. The molecule has 4 atom stereocenters. The molecule has 4 nitrogen and oxygen atoms in total. The van der Waals surface area contributed by atoms with E-state index in [9.17, 15) is 5.26 Å². The molecule has 0 aromatic carbocycles. The lowest BCUT2D eigenvalue weighted by molar-refractivity contribution is 0.0324. The number of halogens is 1. The van der Waals surface area contributed by atoms with Gasteiger partial charge in [0, 0.05) is 12.5 Å². The van der Waals surface area contributed by atoms with E-state index in [-0.39, 0.29) is 35.6 Å². The van der Waals surface area contributed by atoms with E-state index in [4.69, 9.17) is 25.3 Å². The molecule has 1 heterocycles. The molecular formula is C27H49BClNO3Si. The Kier molecular flexibility index (Phi) is 10.9. The first-order chi connectivity index (χ1) is 16.1. The molecule has 3 rings (SSSR count). The summed E-state index contributed by atoms with van der Waals surface area (Å²) >= 11 is 6.88. The molecule has 0 radical (unpaired) electrons. The van der Waals surface area contributed by atoms with Crippen molar-refractivity contribution >= 4 is 27.0 Å². The summed E-state index contributed by atoms with van der Waals surface area (Å²) in [6.45, 7) is 11.9. The third kappa shape index (κ3) is 7.72. The maximum absolute atomic E-state index is 9.72. The second-order valence-corrected chi connectivity index (χ2v) is 18.1. The predicted octanol–water partition coefficient (Wildman–Crippen LogP) is 7.90. The van der Waals surface area contributed by atoms with Crippen molar-refractivity contribution in [3.05, 3.63) is 0 Å². The van der Waals surface area contributed by atoms with Crippen molar-refractivity contribution in [3.63, 3.8) is 0 Å². The highest BCUT2D eigenvalue weighted by molar-refractivity contribution is 6.74. The van der Waals surface area contributed by atoms with Crippen molar-refractivity contribution in [3.8, 4) is 6.07 Å². The Balaban J connectivity index is 1.50. The van der Waals surface area contributed by atoms with Gasteiger partial charge >= 0.3 is 7.12 Å². The minimum Gasteiger partial charge on any atom is -0.417 e. The van der Waals surface area contributed by atoms with E-state index >= 15 is 0 Å². The summed E-state index contributed by atoms with van der Waals surface area (Å²) in [5.41, 5.74) is 0. The van der Waals surface area contributed by atoms with Crippen LogP contribution in [0.1, 0.15) is 104 Å². The molecule has 0 aromatic heterocycles. The number of rotatable bonds is 10. The fraction of sp³-hybridized carbons (Fsp3) is 0.963. The van der Waals surface area contributed by atoms with Gasteiger partial charge in [-0.05, 0) is 74.9 Å². The molecule has 3 fully saturated rings. The second kappa shape index (κ2) is 13.0. The molecule has 34 heavy (non-hydrogen) atoms. The summed E-state index contributed by atoms with van der Waals surface area (Å²) in [4.78, 5) is 0. The molecule has 7 heteroatoms. The maximum atomic E-state index is 9.72. The Bertz CT molecular complexity index is 629. The summed E-state index contributed by atoms with van der Waals surface area (Å²) in [6, 6.07) is 2.49. The highest BCUT2D eigenvalue weighted by Crippen LogP contribution is 2.42. The van der Waals surface area contributed by atoms with Crippen LogP contribution in [0.4, 0.5) is 0 Å². The highest BCUT2D eigenvalue weighted by atomic mass is 35.5. The molecule has 1 unspecified atom stereocenters. The average molecular weight is 510 g/mol. The summed E-state index contributed by atoms with van der Waals surface area (Å²) < 4.78 is 19.5. The van der Waals surface area contributed by atoms with Gasteiger partial charge in [0.25, 0.3) is 0 Å². The van der Waals surface area contributed by atoms with Crippen molar-refractivity contribution < 1.29 is 13.7 Å². The molecule has 1 aliphatic heterocycles. The number of nitrogens with zero attached hydrogens (tertiary/aromatic N) is 1. The van der Waals surface area contributed by atoms with Gasteiger partial charge in [-0.25, -0.2) is 0 Å². The summed E-state index contributed by atoms with van der Waals surface area (Å²) in [6.07, 6.45) is 15.8. The lowest BCUT2D eigenvalue weighted by Crippen LogP contribution is -2.41. The van der Waals surface area contributed by atoms with E-state index < -0.39 is 8.32 Å². The standard InChI is InChI=1S/C27H49BClNO3Si/c1-27(2,3)34(4,5)31-19-18-21(20-30)16-17-24(29)28-32-25(22-12-8-6-9-13-22)26(33-28)23-14-10-7-11-15-23/h21-26H,6-19H2,1-5H3/t21?,24-,25-,26-/m1/s1. The van der Waals surface area contributed by atoms with Gasteiger partial charge < -0.3 is 13.7 Å². The van der Waals surface area contributed by atoms with Crippen LogP contribution in [-0.4, -0.2) is 39.5 Å². The van der Waals surface area contributed by atoms with Crippen molar-refractivity contribution in [2.75, 3.05) is 6.61 Å². The van der Waals surface area contributed by atoms with Crippen LogP contribution in [0.15, 0.2) is 0 Å². The number of hydrogen-bond donors (Lipinski definition) is 0. The molecule has 2 aliphatic carbocycles. The van der Waals surface area contributed by atoms with Gasteiger partial charge in [-0.3, -0.25) is 0 Å². The van der Waals surface area contributed by atoms with E-state index in [1.54, 1.807) is 0 Å². The van der Waals surface area contributed by atoms with Gasteiger partial charge in [-0.15, -0.1) is 11.6 Å². The van der Waals surface area contributed by atoms with Crippen LogP contribution in [0.2, 0.25) is 18.1 Å².